The number of rotatable bonds is 8. The first kappa shape index (κ1) is 23.3. The second kappa shape index (κ2) is 10.3. The van der Waals surface area contributed by atoms with Crippen LogP contribution in [0, 0.1) is 6.92 Å². The van der Waals surface area contributed by atoms with Gasteiger partial charge < -0.3 is 24.8 Å². The van der Waals surface area contributed by atoms with Gasteiger partial charge in [-0.15, -0.1) is 0 Å². The molecule has 4 amide bonds. The highest BCUT2D eigenvalue weighted by atomic mass is 16.5. The summed E-state index contributed by atoms with van der Waals surface area (Å²) >= 11 is 0. The first-order valence-corrected chi connectivity index (χ1v) is 9.90. The molecule has 1 aliphatic rings. The zero-order valence-electron chi connectivity index (χ0n) is 18.3. The van der Waals surface area contributed by atoms with Gasteiger partial charge in [0.05, 0.1) is 14.2 Å². The number of imide groups is 1. The highest BCUT2D eigenvalue weighted by molar-refractivity contribution is 6.15. The molecule has 10 nitrogen and oxygen atoms in total. The number of hydrogen-bond acceptors (Lipinski definition) is 7. The van der Waals surface area contributed by atoms with E-state index in [9.17, 15) is 19.2 Å². The number of esters is 1. The van der Waals surface area contributed by atoms with Crippen LogP contribution >= 0.6 is 0 Å². The molecule has 0 aromatic heterocycles. The van der Waals surface area contributed by atoms with Crippen LogP contribution in [0.2, 0.25) is 0 Å². The van der Waals surface area contributed by atoms with Gasteiger partial charge in [0.2, 0.25) is 0 Å². The molecular weight excluding hydrogens is 430 g/mol. The normalized spacial score (nSPS) is 14.2. The van der Waals surface area contributed by atoms with Crippen LogP contribution in [0.4, 0.5) is 10.5 Å². The Morgan fingerprint density at radius 1 is 1.09 bits per heavy atom. The Morgan fingerprint density at radius 2 is 1.82 bits per heavy atom. The fourth-order valence-electron chi connectivity index (χ4n) is 3.00. The van der Waals surface area contributed by atoms with Gasteiger partial charge in [-0.2, -0.15) is 0 Å². The molecule has 0 unspecified atom stereocenters. The highest BCUT2D eigenvalue weighted by Gasteiger charge is 2.35. The predicted molar refractivity (Wildman–Crippen MR) is 119 cm³/mol. The van der Waals surface area contributed by atoms with Gasteiger partial charge in [-0.05, 0) is 31.2 Å². The van der Waals surface area contributed by atoms with Crippen LogP contribution < -0.4 is 20.1 Å². The number of nitrogens with zero attached hydrogens (tertiary/aromatic N) is 1. The van der Waals surface area contributed by atoms with Crippen molar-refractivity contribution >= 4 is 35.6 Å². The van der Waals surface area contributed by atoms with Gasteiger partial charge in [-0.25, -0.2) is 9.69 Å². The van der Waals surface area contributed by atoms with Crippen LogP contribution in [-0.4, -0.2) is 56.1 Å². The van der Waals surface area contributed by atoms with E-state index >= 15 is 0 Å². The maximum absolute atomic E-state index is 12.6. The Bertz CT molecular complexity index is 1110. The maximum atomic E-state index is 12.6. The lowest BCUT2D eigenvalue weighted by Gasteiger charge is -2.14. The summed E-state index contributed by atoms with van der Waals surface area (Å²) in [6, 6.07) is 11.5. The molecule has 0 bridgehead atoms. The van der Waals surface area contributed by atoms with Crippen molar-refractivity contribution in [2.75, 3.05) is 32.7 Å². The minimum absolute atomic E-state index is 0.0638. The van der Waals surface area contributed by atoms with E-state index in [0.717, 1.165) is 17.6 Å². The van der Waals surface area contributed by atoms with E-state index in [1.54, 1.807) is 30.3 Å². The Kier molecular flexibility index (Phi) is 7.29. The first-order valence-electron chi connectivity index (χ1n) is 9.90. The van der Waals surface area contributed by atoms with Crippen molar-refractivity contribution in [1.29, 1.82) is 0 Å². The molecule has 1 heterocycles. The largest absolute Gasteiger partial charge is 0.493 e. The van der Waals surface area contributed by atoms with Gasteiger partial charge >= 0.3 is 12.0 Å². The average molecular weight is 453 g/mol. The Labute approximate surface area is 190 Å². The van der Waals surface area contributed by atoms with Gasteiger partial charge in [0.25, 0.3) is 11.8 Å². The lowest BCUT2D eigenvalue weighted by molar-refractivity contribution is -0.143. The molecule has 172 valence electrons. The summed E-state index contributed by atoms with van der Waals surface area (Å²) in [5.41, 5.74) is 2.02. The predicted octanol–water partition coefficient (Wildman–Crippen LogP) is 2.09. The van der Waals surface area contributed by atoms with Gasteiger partial charge in [0.1, 0.15) is 12.2 Å². The van der Waals surface area contributed by atoms with Crippen molar-refractivity contribution in [2.24, 2.45) is 0 Å². The van der Waals surface area contributed by atoms with Crippen LogP contribution in [0.5, 0.6) is 11.5 Å². The number of nitrogens with one attached hydrogen (secondary N) is 2. The Hall–Kier alpha value is -4.34. The smallest absolute Gasteiger partial charge is 0.329 e. The monoisotopic (exact) mass is 453 g/mol. The molecule has 0 saturated carbocycles. The lowest BCUT2D eigenvalue weighted by atomic mass is 10.1. The number of carbonyl (C=O) groups is 4. The number of carbonyl (C=O) groups excluding carboxylic acids is 4. The number of methoxy groups -OCH3 is 2. The van der Waals surface area contributed by atoms with Crippen LogP contribution in [0.1, 0.15) is 11.1 Å². The third-order valence-corrected chi connectivity index (χ3v) is 4.69. The van der Waals surface area contributed by atoms with Crippen molar-refractivity contribution < 1.29 is 33.4 Å². The van der Waals surface area contributed by atoms with E-state index in [1.807, 2.05) is 19.1 Å². The van der Waals surface area contributed by atoms with E-state index in [0.29, 0.717) is 17.0 Å². The van der Waals surface area contributed by atoms with Gasteiger partial charge in [0.15, 0.2) is 18.1 Å². The number of aryl methyl sites for hydroxylation is 1. The zero-order chi connectivity index (χ0) is 24.0. The lowest BCUT2D eigenvalue weighted by Crippen LogP contribution is -2.36. The fourth-order valence-corrected chi connectivity index (χ4v) is 3.00. The van der Waals surface area contributed by atoms with Crippen LogP contribution in [0.15, 0.2) is 48.2 Å². The summed E-state index contributed by atoms with van der Waals surface area (Å²) in [4.78, 5) is 49.2. The topological polar surface area (TPSA) is 123 Å². The molecule has 2 aromatic carbocycles. The molecule has 2 aromatic rings. The van der Waals surface area contributed by atoms with Crippen molar-refractivity contribution in [2.45, 2.75) is 6.92 Å². The van der Waals surface area contributed by atoms with Crippen molar-refractivity contribution in [3.05, 3.63) is 59.3 Å². The molecular formula is C23H23N3O7. The molecule has 10 heteroatoms. The molecule has 2 N–H and O–H groups in total. The number of para-hydroxylation sites is 1. The summed E-state index contributed by atoms with van der Waals surface area (Å²) in [5, 5.41) is 5.14. The Balaban J connectivity index is 1.78. The third-order valence-electron chi connectivity index (χ3n) is 4.69. The van der Waals surface area contributed by atoms with E-state index in [1.165, 1.54) is 13.2 Å². The molecule has 1 fully saturated rings. The minimum Gasteiger partial charge on any atom is -0.493 e. The molecule has 33 heavy (non-hydrogen) atoms. The number of hydrogen-bond donors (Lipinski definition) is 2. The maximum Gasteiger partial charge on any atom is 0.329 e. The summed E-state index contributed by atoms with van der Waals surface area (Å²) in [6.45, 7) is 1.11. The van der Waals surface area contributed by atoms with Crippen molar-refractivity contribution in [3.63, 3.8) is 0 Å². The van der Waals surface area contributed by atoms with E-state index in [-0.39, 0.29) is 18.1 Å². The second-order valence-electron chi connectivity index (χ2n) is 7.04. The molecule has 0 aliphatic carbocycles. The number of anilines is 1. The first-order chi connectivity index (χ1) is 15.8. The highest BCUT2D eigenvalue weighted by Crippen LogP contribution is 2.33. The van der Waals surface area contributed by atoms with Gasteiger partial charge in [-0.3, -0.25) is 14.4 Å². The van der Waals surface area contributed by atoms with Crippen LogP contribution in [0.3, 0.4) is 0 Å². The van der Waals surface area contributed by atoms with Crippen LogP contribution in [0.25, 0.3) is 6.08 Å². The molecule has 0 radical (unpaired) electrons. The minimum atomic E-state index is -0.750. The SMILES string of the molecule is COC(=O)CN1C(=O)N/C(=C/c2cccc(OC)c2OCC(=O)Nc2ccc(C)cc2)C1=O. The summed E-state index contributed by atoms with van der Waals surface area (Å²) < 4.78 is 15.5. The summed E-state index contributed by atoms with van der Waals surface area (Å²) in [6.07, 6.45) is 1.38. The number of amides is 4. The van der Waals surface area contributed by atoms with Crippen molar-refractivity contribution in [3.8, 4) is 11.5 Å². The molecule has 0 spiro atoms. The molecule has 3 rings (SSSR count). The van der Waals surface area contributed by atoms with E-state index in [2.05, 4.69) is 15.4 Å². The number of urea groups is 1. The van der Waals surface area contributed by atoms with Crippen molar-refractivity contribution in [1.82, 2.24) is 10.2 Å². The number of ether oxygens (including phenoxy) is 3. The second-order valence-corrected chi connectivity index (χ2v) is 7.04. The standard InChI is InChI=1S/C23H23N3O7/c1-14-7-9-16(10-8-14)24-19(27)13-33-21-15(5-4-6-18(21)31-2)11-17-22(29)26(23(30)25-17)12-20(28)32-3/h4-11H,12-13H2,1-3H3,(H,24,27)(H,25,30)/b17-11+. The molecule has 0 atom stereocenters. The van der Waals surface area contributed by atoms with Gasteiger partial charge in [0, 0.05) is 11.3 Å². The van der Waals surface area contributed by atoms with Gasteiger partial charge in [-0.1, -0.05) is 29.8 Å². The number of benzene rings is 2. The quantitative estimate of drug-likeness (QED) is 0.356. The van der Waals surface area contributed by atoms with Crippen LogP contribution in [-0.2, 0) is 19.1 Å². The third kappa shape index (κ3) is 5.67. The zero-order valence-corrected chi connectivity index (χ0v) is 18.3. The molecule has 1 saturated heterocycles. The van der Waals surface area contributed by atoms with E-state index < -0.39 is 30.4 Å². The Morgan fingerprint density at radius 3 is 2.48 bits per heavy atom. The average Bonchev–Trinajstić information content (AvgIpc) is 3.06. The summed E-state index contributed by atoms with van der Waals surface area (Å²) in [7, 11) is 2.60. The fraction of sp³-hybridized carbons (Fsp3) is 0.217. The molecule has 1 aliphatic heterocycles. The summed E-state index contributed by atoms with van der Waals surface area (Å²) in [5.74, 6) is -1.28. The van der Waals surface area contributed by atoms with E-state index in [4.69, 9.17) is 9.47 Å².